The number of pyridine rings is 1. The zero-order valence-corrected chi connectivity index (χ0v) is 13.6. The second kappa shape index (κ2) is 7.10. The molecule has 1 unspecified atom stereocenters. The molecule has 1 amide bonds. The third-order valence-electron chi connectivity index (χ3n) is 3.51. The van der Waals surface area contributed by atoms with Gasteiger partial charge in [-0.2, -0.15) is 13.2 Å². The summed E-state index contributed by atoms with van der Waals surface area (Å²) >= 11 is 0. The molecule has 1 aromatic carbocycles. The van der Waals surface area contributed by atoms with E-state index in [9.17, 15) is 27.9 Å². The van der Waals surface area contributed by atoms with E-state index in [4.69, 9.17) is 0 Å². The number of rotatable bonds is 4. The van der Waals surface area contributed by atoms with E-state index < -0.39 is 29.3 Å². The van der Waals surface area contributed by atoms with Crippen LogP contribution in [0.5, 0.6) is 0 Å². The Labute approximate surface area is 141 Å². The van der Waals surface area contributed by atoms with Crippen molar-refractivity contribution >= 4 is 5.91 Å². The first kappa shape index (κ1) is 18.7. The number of aryl methyl sites for hydroxylation is 1. The van der Waals surface area contributed by atoms with Crippen molar-refractivity contribution in [3.8, 4) is 5.69 Å². The van der Waals surface area contributed by atoms with E-state index in [-0.39, 0.29) is 17.8 Å². The van der Waals surface area contributed by atoms with Crippen molar-refractivity contribution in [2.45, 2.75) is 26.1 Å². The molecule has 25 heavy (non-hydrogen) atoms. The molecule has 1 aromatic heterocycles. The number of aliphatic hydroxyl groups is 1. The molecule has 0 aliphatic heterocycles. The highest BCUT2D eigenvalue weighted by Crippen LogP contribution is 2.30. The molecule has 0 aliphatic carbocycles. The number of nitrogens with one attached hydrogen (secondary N) is 1. The Morgan fingerprint density at radius 3 is 2.56 bits per heavy atom. The number of benzene rings is 1. The summed E-state index contributed by atoms with van der Waals surface area (Å²) in [5, 5.41) is 11.6. The summed E-state index contributed by atoms with van der Waals surface area (Å²) < 4.78 is 39.7. The number of aliphatic hydroxyl groups excluding tert-OH is 1. The van der Waals surface area contributed by atoms with Crippen LogP contribution in [0.1, 0.15) is 28.5 Å². The molecular formula is C17H17F3N2O3. The van der Waals surface area contributed by atoms with Gasteiger partial charge in [-0.25, -0.2) is 0 Å². The number of carbonyl (C=O) groups is 1. The maximum absolute atomic E-state index is 12.9. The van der Waals surface area contributed by atoms with Crippen LogP contribution in [0.4, 0.5) is 13.2 Å². The van der Waals surface area contributed by atoms with Gasteiger partial charge in [0.25, 0.3) is 11.5 Å². The van der Waals surface area contributed by atoms with E-state index in [0.717, 1.165) is 16.7 Å². The smallest absolute Gasteiger partial charge is 0.392 e. The fourth-order valence-corrected chi connectivity index (χ4v) is 2.28. The van der Waals surface area contributed by atoms with Crippen LogP contribution in [0.2, 0.25) is 0 Å². The minimum Gasteiger partial charge on any atom is -0.392 e. The molecule has 0 spiro atoms. The highest BCUT2D eigenvalue weighted by atomic mass is 19.4. The van der Waals surface area contributed by atoms with Gasteiger partial charge < -0.3 is 10.4 Å². The lowest BCUT2D eigenvalue weighted by Gasteiger charge is -2.14. The lowest BCUT2D eigenvalue weighted by molar-refractivity contribution is -0.137. The largest absolute Gasteiger partial charge is 0.416 e. The predicted molar refractivity (Wildman–Crippen MR) is 85.8 cm³/mol. The van der Waals surface area contributed by atoms with Gasteiger partial charge in [0.2, 0.25) is 0 Å². The Balaban J connectivity index is 2.51. The third kappa shape index (κ3) is 4.27. The van der Waals surface area contributed by atoms with Crippen molar-refractivity contribution in [3.05, 3.63) is 63.6 Å². The Morgan fingerprint density at radius 2 is 1.96 bits per heavy atom. The molecule has 0 bridgehead atoms. The first-order valence-corrected chi connectivity index (χ1v) is 7.48. The summed E-state index contributed by atoms with van der Waals surface area (Å²) in [6.45, 7) is 2.98. The zero-order valence-electron chi connectivity index (χ0n) is 13.6. The van der Waals surface area contributed by atoms with Crippen LogP contribution in [0.3, 0.4) is 0 Å². The number of amides is 1. The Hall–Kier alpha value is -2.61. The summed E-state index contributed by atoms with van der Waals surface area (Å²) in [5.74, 6) is -0.702. The number of nitrogens with zero attached hydrogens (tertiary/aromatic N) is 1. The average Bonchev–Trinajstić information content (AvgIpc) is 2.52. The molecule has 134 valence electrons. The Morgan fingerprint density at radius 1 is 1.28 bits per heavy atom. The minimum atomic E-state index is -4.54. The molecule has 8 heteroatoms. The maximum Gasteiger partial charge on any atom is 0.416 e. The number of hydrogen-bond acceptors (Lipinski definition) is 3. The van der Waals surface area contributed by atoms with Crippen LogP contribution in [0.15, 0.2) is 41.2 Å². The van der Waals surface area contributed by atoms with E-state index >= 15 is 0 Å². The molecule has 1 atom stereocenters. The van der Waals surface area contributed by atoms with Crippen molar-refractivity contribution in [3.63, 3.8) is 0 Å². The van der Waals surface area contributed by atoms with Crippen molar-refractivity contribution in [2.75, 3.05) is 6.54 Å². The molecule has 0 aliphatic rings. The standard InChI is InChI=1S/C17H17F3N2O3/c1-10-6-7-14(15(24)21-9-11(2)23)16(25)22(10)13-5-3-4-12(8-13)17(18,19)20/h3-8,11,23H,9H2,1-2H3,(H,21,24). The van der Waals surface area contributed by atoms with Gasteiger partial charge >= 0.3 is 6.18 Å². The number of hydrogen-bond donors (Lipinski definition) is 2. The lowest BCUT2D eigenvalue weighted by atomic mass is 10.1. The zero-order chi connectivity index (χ0) is 18.8. The van der Waals surface area contributed by atoms with E-state index in [1.54, 1.807) is 6.92 Å². The third-order valence-corrected chi connectivity index (χ3v) is 3.51. The average molecular weight is 354 g/mol. The number of halogens is 3. The van der Waals surface area contributed by atoms with Gasteiger partial charge in [-0.3, -0.25) is 14.2 Å². The van der Waals surface area contributed by atoms with Gasteiger partial charge in [-0.15, -0.1) is 0 Å². The van der Waals surface area contributed by atoms with Gasteiger partial charge in [0.1, 0.15) is 5.56 Å². The van der Waals surface area contributed by atoms with Gasteiger partial charge in [0.15, 0.2) is 0 Å². The first-order chi connectivity index (χ1) is 11.6. The van der Waals surface area contributed by atoms with E-state index in [2.05, 4.69) is 5.32 Å². The minimum absolute atomic E-state index is 0.0162. The molecule has 0 fully saturated rings. The monoisotopic (exact) mass is 354 g/mol. The first-order valence-electron chi connectivity index (χ1n) is 7.48. The molecular weight excluding hydrogens is 337 g/mol. The summed E-state index contributed by atoms with van der Waals surface area (Å²) in [6.07, 6.45) is -5.33. The van der Waals surface area contributed by atoms with Gasteiger partial charge in [0, 0.05) is 17.9 Å². The topological polar surface area (TPSA) is 71.3 Å². The SMILES string of the molecule is Cc1ccc(C(=O)NCC(C)O)c(=O)n1-c1cccc(C(F)(F)F)c1. The molecule has 0 saturated heterocycles. The summed E-state index contributed by atoms with van der Waals surface area (Å²) in [7, 11) is 0. The van der Waals surface area contributed by atoms with Crippen LogP contribution in [-0.2, 0) is 6.18 Å². The molecule has 1 heterocycles. The maximum atomic E-state index is 12.9. The van der Waals surface area contributed by atoms with E-state index in [0.29, 0.717) is 5.69 Å². The summed E-state index contributed by atoms with van der Waals surface area (Å²) in [5.41, 5.74) is -1.44. The second-order valence-corrected chi connectivity index (χ2v) is 5.64. The molecule has 2 aromatic rings. The van der Waals surface area contributed by atoms with Crippen LogP contribution in [-0.4, -0.2) is 28.2 Å². The van der Waals surface area contributed by atoms with Crippen LogP contribution in [0, 0.1) is 6.92 Å². The summed E-state index contributed by atoms with van der Waals surface area (Å²) in [4.78, 5) is 24.7. The highest BCUT2D eigenvalue weighted by Gasteiger charge is 2.30. The lowest BCUT2D eigenvalue weighted by Crippen LogP contribution is -2.36. The number of aromatic nitrogens is 1. The molecule has 2 rings (SSSR count). The fourth-order valence-electron chi connectivity index (χ4n) is 2.28. The van der Waals surface area contributed by atoms with Crippen molar-refractivity contribution in [2.24, 2.45) is 0 Å². The van der Waals surface area contributed by atoms with Gasteiger partial charge in [-0.05, 0) is 44.2 Å². The van der Waals surface area contributed by atoms with Crippen LogP contribution in [0.25, 0.3) is 5.69 Å². The Kier molecular flexibility index (Phi) is 5.32. The van der Waals surface area contributed by atoms with Crippen molar-refractivity contribution in [1.29, 1.82) is 0 Å². The van der Waals surface area contributed by atoms with E-state index in [1.165, 1.54) is 31.2 Å². The van der Waals surface area contributed by atoms with E-state index in [1.807, 2.05) is 0 Å². The van der Waals surface area contributed by atoms with Crippen LogP contribution >= 0.6 is 0 Å². The predicted octanol–water partition coefficient (Wildman–Crippen LogP) is 2.28. The molecule has 0 radical (unpaired) electrons. The quantitative estimate of drug-likeness (QED) is 0.885. The molecule has 5 nitrogen and oxygen atoms in total. The highest BCUT2D eigenvalue weighted by molar-refractivity contribution is 5.93. The van der Waals surface area contributed by atoms with Gasteiger partial charge in [0.05, 0.1) is 11.7 Å². The normalized spacial score (nSPS) is 12.7. The second-order valence-electron chi connectivity index (χ2n) is 5.64. The fraction of sp³-hybridized carbons (Fsp3) is 0.294. The van der Waals surface area contributed by atoms with Gasteiger partial charge in [-0.1, -0.05) is 6.07 Å². The number of carbonyl (C=O) groups excluding carboxylic acids is 1. The molecule has 2 N–H and O–H groups in total. The Bertz CT molecular complexity index is 842. The number of alkyl halides is 3. The molecule has 0 saturated carbocycles. The van der Waals surface area contributed by atoms with Crippen molar-refractivity contribution < 1.29 is 23.1 Å². The summed E-state index contributed by atoms with van der Waals surface area (Å²) in [6, 6.07) is 7.10. The van der Waals surface area contributed by atoms with Crippen LogP contribution < -0.4 is 10.9 Å². The van der Waals surface area contributed by atoms with Crippen molar-refractivity contribution in [1.82, 2.24) is 9.88 Å².